The highest BCUT2D eigenvalue weighted by molar-refractivity contribution is 6.31. The number of carbonyl (C=O) groups is 1. The molecule has 1 aliphatic carbocycles. The fourth-order valence-corrected chi connectivity index (χ4v) is 3.55. The molecule has 1 unspecified atom stereocenters. The molecule has 1 aromatic carbocycles. The highest BCUT2D eigenvalue weighted by Gasteiger charge is 2.46. The Morgan fingerprint density at radius 3 is 2.96 bits per heavy atom. The van der Waals surface area contributed by atoms with E-state index in [4.69, 9.17) is 21.1 Å². The van der Waals surface area contributed by atoms with Crippen LogP contribution in [0.3, 0.4) is 0 Å². The lowest BCUT2D eigenvalue weighted by Crippen LogP contribution is -2.55. The minimum absolute atomic E-state index is 0.0187. The van der Waals surface area contributed by atoms with Crippen molar-refractivity contribution in [1.29, 1.82) is 0 Å². The molecule has 1 saturated heterocycles. The van der Waals surface area contributed by atoms with Gasteiger partial charge in [0, 0.05) is 18.1 Å². The van der Waals surface area contributed by atoms with Gasteiger partial charge in [0.2, 0.25) is 0 Å². The third-order valence-electron chi connectivity index (χ3n) is 4.96. The molecule has 5 nitrogen and oxygen atoms in total. The number of halogens is 1. The minimum Gasteiger partial charge on any atom is -0.497 e. The Bertz CT molecular complexity index is 606. The van der Waals surface area contributed by atoms with Crippen molar-refractivity contribution in [2.24, 2.45) is 5.92 Å². The molecule has 0 spiro atoms. The molecular formula is C18H25ClN2O3. The van der Waals surface area contributed by atoms with Crippen molar-refractivity contribution >= 4 is 17.6 Å². The average molecular weight is 353 g/mol. The summed E-state index contributed by atoms with van der Waals surface area (Å²) < 4.78 is 11.1. The molecule has 132 valence electrons. The first-order valence-corrected chi connectivity index (χ1v) is 8.89. The molecule has 0 bridgehead atoms. The number of nitrogens with one attached hydrogen (secondary N) is 1. The molecule has 24 heavy (non-hydrogen) atoms. The number of carbonyl (C=O) groups excluding carboxylic acids is 1. The maximum Gasteiger partial charge on any atom is 0.317 e. The van der Waals surface area contributed by atoms with Crippen LogP contribution in [-0.4, -0.2) is 49.9 Å². The molecule has 6 heteroatoms. The zero-order valence-electron chi connectivity index (χ0n) is 14.3. The van der Waals surface area contributed by atoms with Gasteiger partial charge in [-0.05, 0) is 49.8 Å². The van der Waals surface area contributed by atoms with Gasteiger partial charge < -0.3 is 19.7 Å². The number of hydrogen-bond donors (Lipinski definition) is 1. The first-order chi connectivity index (χ1) is 11.5. The number of rotatable bonds is 5. The van der Waals surface area contributed by atoms with E-state index in [1.807, 2.05) is 17.0 Å². The number of nitrogens with zero attached hydrogens (tertiary/aromatic N) is 1. The van der Waals surface area contributed by atoms with Crippen LogP contribution < -0.4 is 10.1 Å². The minimum atomic E-state index is -0.172. The number of urea groups is 1. The summed E-state index contributed by atoms with van der Waals surface area (Å²) in [4.78, 5) is 14.3. The van der Waals surface area contributed by atoms with E-state index >= 15 is 0 Å². The summed E-state index contributed by atoms with van der Waals surface area (Å²) in [6, 6.07) is 5.59. The Labute approximate surface area is 148 Å². The zero-order chi connectivity index (χ0) is 17.2. The second-order valence-corrected chi connectivity index (χ2v) is 7.20. The smallest absolute Gasteiger partial charge is 0.317 e. The van der Waals surface area contributed by atoms with Crippen molar-refractivity contribution in [2.45, 2.75) is 31.8 Å². The van der Waals surface area contributed by atoms with Crippen molar-refractivity contribution in [3.8, 4) is 5.75 Å². The molecular weight excluding hydrogens is 328 g/mol. The number of morpholine rings is 1. The summed E-state index contributed by atoms with van der Waals surface area (Å²) in [5.74, 6) is 1.34. The summed E-state index contributed by atoms with van der Waals surface area (Å²) >= 11 is 6.23. The topological polar surface area (TPSA) is 50.8 Å². The molecule has 0 aromatic heterocycles. The zero-order valence-corrected chi connectivity index (χ0v) is 15.1. The van der Waals surface area contributed by atoms with E-state index in [1.165, 1.54) is 12.8 Å². The third-order valence-corrected chi connectivity index (χ3v) is 5.31. The lowest BCUT2D eigenvalue weighted by Gasteiger charge is -2.40. The van der Waals surface area contributed by atoms with Gasteiger partial charge >= 0.3 is 6.03 Å². The maximum atomic E-state index is 12.4. The molecule has 3 rings (SSSR count). The summed E-state index contributed by atoms with van der Waals surface area (Å²) in [6.07, 6.45) is 3.11. The van der Waals surface area contributed by atoms with Crippen LogP contribution in [0.4, 0.5) is 4.79 Å². The van der Waals surface area contributed by atoms with Crippen LogP contribution in [0.5, 0.6) is 5.75 Å². The summed E-state index contributed by atoms with van der Waals surface area (Å²) in [5, 5.41) is 3.66. The number of ether oxygens (including phenoxy) is 2. The predicted molar refractivity (Wildman–Crippen MR) is 93.8 cm³/mol. The molecule has 2 aliphatic rings. The SMILES string of the molecule is COc1ccc(CCNC(=O)N2CCOC(C)(C3CC3)C2)c(Cl)c1. The average Bonchev–Trinajstić information content (AvgIpc) is 3.41. The molecule has 1 aromatic rings. The van der Waals surface area contributed by atoms with Gasteiger partial charge in [0.05, 0.1) is 25.9 Å². The van der Waals surface area contributed by atoms with Crippen LogP contribution >= 0.6 is 11.6 Å². The van der Waals surface area contributed by atoms with Crippen LogP contribution in [0, 0.1) is 5.92 Å². The fraction of sp³-hybridized carbons (Fsp3) is 0.611. The monoisotopic (exact) mass is 352 g/mol. The van der Waals surface area contributed by atoms with Gasteiger partial charge in [-0.1, -0.05) is 17.7 Å². The quantitative estimate of drug-likeness (QED) is 0.885. The van der Waals surface area contributed by atoms with E-state index in [1.54, 1.807) is 13.2 Å². The van der Waals surface area contributed by atoms with E-state index in [2.05, 4.69) is 12.2 Å². The Balaban J connectivity index is 1.48. The summed E-state index contributed by atoms with van der Waals surface area (Å²) in [7, 11) is 1.61. The van der Waals surface area contributed by atoms with Gasteiger partial charge in [0.1, 0.15) is 5.75 Å². The molecule has 1 atom stereocenters. The normalized spacial score (nSPS) is 23.9. The molecule has 2 fully saturated rings. The number of methoxy groups -OCH3 is 1. The van der Waals surface area contributed by atoms with Crippen molar-refractivity contribution in [2.75, 3.05) is 33.4 Å². The number of hydrogen-bond acceptors (Lipinski definition) is 3. The maximum absolute atomic E-state index is 12.4. The highest BCUT2D eigenvalue weighted by atomic mass is 35.5. The Hall–Kier alpha value is -1.46. The molecule has 1 N–H and O–H groups in total. The van der Waals surface area contributed by atoms with Crippen LogP contribution in [-0.2, 0) is 11.2 Å². The van der Waals surface area contributed by atoms with E-state index < -0.39 is 0 Å². The van der Waals surface area contributed by atoms with Gasteiger partial charge in [-0.15, -0.1) is 0 Å². The summed E-state index contributed by atoms with van der Waals surface area (Å²) in [5.41, 5.74) is 0.831. The first-order valence-electron chi connectivity index (χ1n) is 8.51. The van der Waals surface area contributed by atoms with Gasteiger partial charge in [0.25, 0.3) is 0 Å². The van der Waals surface area contributed by atoms with Gasteiger partial charge in [0.15, 0.2) is 0 Å². The second kappa shape index (κ2) is 7.19. The van der Waals surface area contributed by atoms with Crippen LogP contribution in [0.25, 0.3) is 0 Å². The van der Waals surface area contributed by atoms with Crippen LogP contribution in [0.1, 0.15) is 25.3 Å². The molecule has 1 heterocycles. The Kier molecular flexibility index (Phi) is 5.21. The largest absolute Gasteiger partial charge is 0.497 e. The first kappa shape index (κ1) is 17.4. The van der Waals surface area contributed by atoms with Crippen molar-refractivity contribution < 1.29 is 14.3 Å². The highest BCUT2D eigenvalue weighted by Crippen LogP contribution is 2.43. The van der Waals surface area contributed by atoms with E-state index in [0.29, 0.717) is 43.6 Å². The number of amides is 2. The molecule has 1 saturated carbocycles. The van der Waals surface area contributed by atoms with E-state index in [9.17, 15) is 4.79 Å². The van der Waals surface area contributed by atoms with E-state index in [0.717, 1.165) is 11.3 Å². The van der Waals surface area contributed by atoms with Crippen LogP contribution in [0.2, 0.25) is 5.02 Å². The summed E-state index contributed by atoms with van der Waals surface area (Å²) in [6.45, 7) is 4.62. The lowest BCUT2D eigenvalue weighted by molar-refractivity contribution is -0.0988. The van der Waals surface area contributed by atoms with Crippen molar-refractivity contribution in [1.82, 2.24) is 10.2 Å². The molecule has 2 amide bonds. The lowest BCUT2D eigenvalue weighted by atomic mass is 9.98. The molecule has 0 radical (unpaired) electrons. The standard InChI is InChI=1S/C18H25ClN2O3/c1-18(14-4-5-14)12-21(9-10-24-18)17(22)20-8-7-13-3-6-15(23-2)11-16(13)19/h3,6,11,14H,4-5,7-10,12H2,1-2H3,(H,20,22). The van der Waals surface area contributed by atoms with Gasteiger partial charge in [-0.3, -0.25) is 0 Å². The van der Waals surface area contributed by atoms with Crippen molar-refractivity contribution in [3.63, 3.8) is 0 Å². The van der Waals surface area contributed by atoms with E-state index in [-0.39, 0.29) is 11.6 Å². The fourth-order valence-electron chi connectivity index (χ4n) is 3.28. The Morgan fingerprint density at radius 1 is 1.50 bits per heavy atom. The molecule has 1 aliphatic heterocycles. The van der Waals surface area contributed by atoms with Gasteiger partial charge in [-0.2, -0.15) is 0 Å². The third kappa shape index (κ3) is 3.95. The van der Waals surface area contributed by atoms with Crippen LogP contribution in [0.15, 0.2) is 18.2 Å². The Morgan fingerprint density at radius 2 is 2.29 bits per heavy atom. The van der Waals surface area contributed by atoms with Crippen molar-refractivity contribution in [3.05, 3.63) is 28.8 Å². The second-order valence-electron chi connectivity index (χ2n) is 6.80. The number of benzene rings is 1. The predicted octanol–water partition coefficient (Wildman–Crippen LogP) is 3.10. The van der Waals surface area contributed by atoms with Gasteiger partial charge in [-0.25, -0.2) is 4.79 Å².